The SMILES string of the molecule is c1ccc(-c2cccc(-n3c4ccccc4c4cc(-c5ccccc5-c5ccccc5-c5ccccc5-c5ccc6c(c5)c5ccccc5n6-c5ccccc5)ccc43)c2)cc1. The van der Waals surface area contributed by atoms with Crippen LogP contribution < -0.4 is 0 Å². The van der Waals surface area contributed by atoms with Gasteiger partial charge in [0.15, 0.2) is 0 Å². The Labute approximate surface area is 360 Å². The van der Waals surface area contributed by atoms with Gasteiger partial charge < -0.3 is 9.13 Å². The maximum atomic E-state index is 2.41. The second-order valence-electron chi connectivity index (χ2n) is 16.1. The van der Waals surface area contributed by atoms with Gasteiger partial charge in [-0.3, -0.25) is 0 Å². The van der Waals surface area contributed by atoms with Gasteiger partial charge in [-0.05, 0) is 116 Å². The first-order chi connectivity index (χ1) is 30.8. The van der Waals surface area contributed by atoms with Crippen LogP contribution in [0.1, 0.15) is 0 Å². The zero-order valence-corrected chi connectivity index (χ0v) is 34.0. The standard InChI is InChI=1S/C60H40N2/c1-3-18-41(19-4-1)42-20-17-23-46(38-42)62-58-33-16-14-31-54(58)56-40-44(35-37-60(56)62)48-25-8-10-27-50(48)52-29-12-11-28-51(52)49-26-9-7-24-47(49)43-34-36-59-55(39-43)53-30-13-15-32-57(53)61(59)45-21-5-2-6-22-45/h1-40H. The second-order valence-corrected chi connectivity index (χ2v) is 16.1. The van der Waals surface area contributed by atoms with Crippen LogP contribution in [0.3, 0.4) is 0 Å². The van der Waals surface area contributed by atoms with E-state index < -0.39 is 0 Å². The molecule has 0 unspecified atom stereocenters. The van der Waals surface area contributed by atoms with Crippen molar-refractivity contribution in [3.8, 4) is 67.0 Å². The molecule has 0 radical (unpaired) electrons. The minimum Gasteiger partial charge on any atom is -0.309 e. The zero-order chi connectivity index (χ0) is 41.0. The highest BCUT2D eigenvalue weighted by atomic mass is 15.0. The summed E-state index contributed by atoms with van der Waals surface area (Å²) in [7, 11) is 0. The number of fused-ring (bicyclic) bond motifs is 6. The molecule has 0 saturated carbocycles. The molecule has 0 bridgehead atoms. The van der Waals surface area contributed by atoms with Gasteiger partial charge in [0, 0.05) is 32.9 Å². The maximum Gasteiger partial charge on any atom is 0.0541 e. The van der Waals surface area contributed by atoms with E-state index in [0.717, 1.165) is 11.4 Å². The number of rotatable bonds is 7. The van der Waals surface area contributed by atoms with E-state index in [1.54, 1.807) is 0 Å². The molecule has 0 atom stereocenters. The number of aromatic nitrogens is 2. The van der Waals surface area contributed by atoms with Crippen LogP contribution in [-0.4, -0.2) is 9.13 Å². The van der Waals surface area contributed by atoms with E-state index in [1.807, 2.05) is 0 Å². The number of hydrogen-bond donors (Lipinski definition) is 0. The lowest BCUT2D eigenvalue weighted by molar-refractivity contribution is 1.18. The van der Waals surface area contributed by atoms with Crippen LogP contribution in [0.2, 0.25) is 0 Å². The van der Waals surface area contributed by atoms with Gasteiger partial charge in [0.1, 0.15) is 0 Å². The van der Waals surface area contributed by atoms with E-state index >= 15 is 0 Å². The normalized spacial score (nSPS) is 11.5. The molecule has 2 heterocycles. The minimum absolute atomic E-state index is 1.15. The fourth-order valence-electron chi connectivity index (χ4n) is 9.76. The highest BCUT2D eigenvalue weighted by Gasteiger charge is 2.19. The van der Waals surface area contributed by atoms with Crippen molar-refractivity contribution in [1.82, 2.24) is 9.13 Å². The molecule has 0 aliphatic carbocycles. The van der Waals surface area contributed by atoms with Crippen molar-refractivity contribution in [3.05, 3.63) is 243 Å². The van der Waals surface area contributed by atoms with Crippen LogP contribution in [0.5, 0.6) is 0 Å². The van der Waals surface area contributed by atoms with Crippen molar-refractivity contribution in [2.75, 3.05) is 0 Å². The molecule has 10 aromatic carbocycles. The number of para-hydroxylation sites is 3. The van der Waals surface area contributed by atoms with Crippen molar-refractivity contribution in [2.45, 2.75) is 0 Å². The predicted octanol–water partition coefficient (Wildman–Crippen LogP) is 16.2. The van der Waals surface area contributed by atoms with Gasteiger partial charge >= 0.3 is 0 Å². The lowest BCUT2D eigenvalue weighted by atomic mass is 9.86. The second kappa shape index (κ2) is 14.8. The Morgan fingerprint density at radius 2 is 0.565 bits per heavy atom. The molecular weight excluding hydrogens is 749 g/mol. The van der Waals surface area contributed by atoms with Crippen LogP contribution in [0, 0.1) is 0 Å². The monoisotopic (exact) mass is 788 g/mol. The summed E-state index contributed by atoms with van der Waals surface area (Å²) in [6.07, 6.45) is 0. The minimum atomic E-state index is 1.15. The van der Waals surface area contributed by atoms with Gasteiger partial charge in [-0.2, -0.15) is 0 Å². The molecule has 2 nitrogen and oxygen atoms in total. The average molecular weight is 789 g/mol. The summed E-state index contributed by atoms with van der Waals surface area (Å²) in [6, 6.07) is 88.4. The Bertz CT molecular complexity index is 3630. The Balaban J connectivity index is 0.985. The zero-order valence-electron chi connectivity index (χ0n) is 34.0. The summed E-state index contributed by atoms with van der Waals surface area (Å²) < 4.78 is 4.79. The molecule has 0 saturated heterocycles. The first kappa shape index (κ1) is 35.7. The smallest absolute Gasteiger partial charge is 0.0541 e. The largest absolute Gasteiger partial charge is 0.309 e. The summed E-state index contributed by atoms with van der Waals surface area (Å²) in [5.41, 5.74) is 19.2. The third-order valence-electron chi connectivity index (χ3n) is 12.6. The lowest BCUT2D eigenvalue weighted by Crippen LogP contribution is -1.94. The predicted molar refractivity (Wildman–Crippen MR) is 262 cm³/mol. The molecule has 2 aromatic heterocycles. The summed E-state index contributed by atoms with van der Waals surface area (Å²) in [6.45, 7) is 0. The molecule has 0 fully saturated rings. The van der Waals surface area contributed by atoms with Crippen LogP contribution in [0.25, 0.3) is 111 Å². The summed E-state index contributed by atoms with van der Waals surface area (Å²) in [5, 5.41) is 4.97. The van der Waals surface area contributed by atoms with E-state index in [1.165, 1.54) is 99.2 Å². The summed E-state index contributed by atoms with van der Waals surface area (Å²) >= 11 is 0. The van der Waals surface area contributed by atoms with Crippen molar-refractivity contribution in [2.24, 2.45) is 0 Å². The van der Waals surface area contributed by atoms with E-state index in [-0.39, 0.29) is 0 Å². The average Bonchev–Trinajstić information content (AvgIpc) is 3.87. The van der Waals surface area contributed by atoms with Gasteiger partial charge in [-0.15, -0.1) is 0 Å². The molecule has 290 valence electrons. The molecule has 12 rings (SSSR count). The van der Waals surface area contributed by atoms with Gasteiger partial charge in [-0.25, -0.2) is 0 Å². The van der Waals surface area contributed by atoms with Crippen LogP contribution in [0.4, 0.5) is 0 Å². The van der Waals surface area contributed by atoms with Crippen LogP contribution in [-0.2, 0) is 0 Å². The highest BCUT2D eigenvalue weighted by molar-refractivity contribution is 6.12. The highest BCUT2D eigenvalue weighted by Crippen LogP contribution is 2.44. The van der Waals surface area contributed by atoms with Crippen molar-refractivity contribution < 1.29 is 0 Å². The molecule has 2 heteroatoms. The molecule has 12 aromatic rings. The topological polar surface area (TPSA) is 9.86 Å². The fraction of sp³-hybridized carbons (Fsp3) is 0. The molecule has 0 spiro atoms. The molecular formula is C60H40N2. The molecule has 0 aliphatic rings. The van der Waals surface area contributed by atoms with E-state index in [0.29, 0.717) is 0 Å². The summed E-state index contributed by atoms with van der Waals surface area (Å²) in [4.78, 5) is 0. The first-order valence-corrected chi connectivity index (χ1v) is 21.3. The Morgan fingerprint density at radius 1 is 0.194 bits per heavy atom. The van der Waals surface area contributed by atoms with Crippen molar-refractivity contribution in [3.63, 3.8) is 0 Å². The molecule has 62 heavy (non-hydrogen) atoms. The number of nitrogens with zero attached hydrogens (tertiary/aromatic N) is 2. The third kappa shape index (κ3) is 5.88. The fourth-order valence-corrected chi connectivity index (χ4v) is 9.76. The van der Waals surface area contributed by atoms with Crippen LogP contribution >= 0.6 is 0 Å². The first-order valence-electron chi connectivity index (χ1n) is 21.3. The number of hydrogen-bond acceptors (Lipinski definition) is 0. The maximum absolute atomic E-state index is 2.41. The molecule has 0 aliphatic heterocycles. The molecule has 0 amide bonds. The van der Waals surface area contributed by atoms with Gasteiger partial charge in [0.05, 0.1) is 22.1 Å². The van der Waals surface area contributed by atoms with E-state index in [4.69, 9.17) is 0 Å². The Hall–Kier alpha value is -8.20. The van der Waals surface area contributed by atoms with Crippen molar-refractivity contribution in [1.29, 1.82) is 0 Å². The van der Waals surface area contributed by atoms with Gasteiger partial charge in [0.2, 0.25) is 0 Å². The quantitative estimate of drug-likeness (QED) is 0.152. The molecule has 0 N–H and O–H groups in total. The third-order valence-corrected chi connectivity index (χ3v) is 12.6. The van der Waals surface area contributed by atoms with Crippen molar-refractivity contribution >= 4 is 43.6 Å². The Morgan fingerprint density at radius 3 is 1.10 bits per heavy atom. The summed E-state index contributed by atoms with van der Waals surface area (Å²) in [5.74, 6) is 0. The van der Waals surface area contributed by atoms with E-state index in [9.17, 15) is 0 Å². The Kier molecular flexibility index (Phi) is 8.53. The van der Waals surface area contributed by atoms with Gasteiger partial charge in [0.25, 0.3) is 0 Å². The van der Waals surface area contributed by atoms with Gasteiger partial charge in [-0.1, -0.05) is 182 Å². The lowest BCUT2D eigenvalue weighted by Gasteiger charge is -2.17. The van der Waals surface area contributed by atoms with Crippen LogP contribution in [0.15, 0.2) is 243 Å². The van der Waals surface area contributed by atoms with E-state index in [2.05, 4.69) is 252 Å². The number of benzene rings is 10.